The van der Waals surface area contributed by atoms with Gasteiger partial charge in [-0.05, 0) is 32.0 Å². The van der Waals surface area contributed by atoms with Gasteiger partial charge in [0.15, 0.2) is 0 Å². The lowest BCUT2D eigenvalue weighted by Crippen LogP contribution is -2.41. The SMILES string of the molecule is CN1C(=O)N(c2cccc(C(F)(F)F)c2)C(=O)C1(C)C. The Bertz CT molecular complexity index is 581. The van der Waals surface area contributed by atoms with E-state index in [0.717, 1.165) is 17.0 Å². The van der Waals surface area contributed by atoms with Crippen molar-refractivity contribution in [1.29, 1.82) is 0 Å². The first-order valence-electron chi connectivity index (χ1n) is 5.86. The van der Waals surface area contributed by atoms with Gasteiger partial charge in [-0.15, -0.1) is 0 Å². The molecule has 0 unspecified atom stereocenters. The van der Waals surface area contributed by atoms with Gasteiger partial charge in [-0.2, -0.15) is 13.2 Å². The lowest BCUT2D eigenvalue weighted by atomic mass is 10.0. The fraction of sp³-hybridized carbons (Fsp3) is 0.385. The molecule has 0 N–H and O–H groups in total. The number of alkyl halides is 3. The fourth-order valence-electron chi connectivity index (χ4n) is 1.94. The summed E-state index contributed by atoms with van der Waals surface area (Å²) in [7, 11) is 1.44. The summed E-state index contributed by atoms with van der Waals surface area (Å²) in [5, 5.41) is 0. The molecule has 1 aliphatic rings. The van der Waals surface area contributed by atoms with E-state index in [1.54, 1.807) is 13.8 Å². The van der Waals surface area contributed by atoms with Crippen molar-refractivity contribution in [2.45, 2.75) is 25.6 Å². The summed E-state index contributed by atoms with van der Waals surface area (Å²) in [6.07, 6.45) is -4.52. The number of benzene rings is 1. The normalized spacial score (nSPS) is 18.9. The molecule has 7 heteroatoms. The Morgan fingerprint density at radius 2 is 1.75 bits per heavy atom. The van der Waals surface area contributed by atoms with Crippen LogP contribution in [0.4, 0.5) is 23.7 Å². The highest BCUT2D eigenvalue weighted by Crippen LogP contribution is 2.35. The Labute approximate surface area is 113 Å². The minimum atomic E-state index is -4.52. The number of carbonyl (C=O) groups excluding carboxylic acids is 2. The van der Waals surface area contributed by atoms with Crippen LogP contribution in [-0.4, -0.2) is 29.4 Å². The van der Waals surface area contributed by atoms with Crippen molar-refractivity contribution in [3.05, 3.63) is 29.8 Å². The molecule has 0 radical (unpaired) electrons. The molecule has 0 aromatic heterocycles. The number of hydrogen-bond donors (Lipinski definition) is 0. The van der Waals surface area contributed by atoms with Gasteiger partial charge in [-0.25, -0.2) is 9.69 Å². The Morgan fingerprint density at radius 1 is 1.15 bits per heavy atom. The highest BCUT2D eigenvalue weighted by molar-refractivity contribution is 6.22. The molecular formula is C13H13F3N2O2. The highest BCUT2D eigenvalue weighted by Gasteiger charge is 2.50. The maximum Gasteiger partial charge on any atom is 0.416 e. The van der Waals surface area contributed by atoms with Crippen molar-refractivity contribution >= 4 is 17.6 Å². The summed E-state index contributed by atoms with van der Waals surface area (Å²) in [4.78, 5) is 26.2. The number of imide groups is 1. The Morgan fingerprint density at radius 3 is 2.20 bits per heavy atom. The fourth-order valence-corrected chi connectivity index (χ4v) is 1.94. The first-order chi connectivity index (χ1) is 9.06. The third kappa shape index (κ3) is 2.03. The Balaban J connectivity index is 2.48. The molecule has 0 spiro atoms. The Hall–Kier alpha value is -2.05. The summed E-state index contributed by atoms with van der Waals surface area (Å²) in [6, 6.07) is 3.53. The standard InChI is InChI=1S/C13H13F3N2O2/c1-12(2)10(19)18(11(20)17(12)3)9-6-4-5-8(7-9)13(14,15)16/h4-7H,1-3H3. The van der Waals surface area contributed by atoms with E-state index in [1.165, 1.54) is 24.1 Å². The second kappa shape index (κ2) is 4.22. The van der Waals surface area contributed by atoms with E-state index in [9.17, 15) is 22.8 Å². The van der Waals surface area contributed by atoms with Crippen LogP contribution in [0.25, 0.3) is 0 Å². The lowest BCUT2D eigenvalue weighted by Gasteiger charge is -2.22. The van der Waals surface area contributed by atoms with Crippen molar-refractivity contribution in [2.24, 2.45) is 0 Å². The molecule has 1 aliphatic heterocycles. The molecule has 20 heavy (non-hydrogen) atoms. The summed E-state index contributed by atoms with van der Waals surface area (Å²) >= 11 is 0. The van der Waals surface area contributed by atoms with E-state index in [4.69, 9.17) is 0 Å². The van der Waals surface area contributed by atoms with Crippen molar-refractivity contribution in [3.8, 4) is 0 Å². The number of rotatable bonds is 1. The summed E-state index contributed by atoms with van der Waals surface area (Å²) in [5.74, 6) is -0.552. The van der Waals surface area contributed by atoms with Crippen LogP contribution >= 0.6 is 0 Å². The van der Waals surface area contributed by atoms with Gasteiger partial charge in [-0.3, -0.25) is 4.79 Å². The topological polar surface area (TPSA) is 40.6 Å². The molecule has 4 nitrogen and oxygen atoms in total. The molecule has 0 aliphatic carbocycles. The van der Waals surface area contributed by atoms with Crippen molar-refractivity contribution < 1.29 is 22.8 Å². The third-order valence-corrected chi connectivity index (χ3v) is 3.47. The first-order valence-corrected chi connectivity index (χ1v) is 5.86. The average molecular weight is 286 g/mol. The number of amides is 3. The average Bonchev–Trinajstić information content (AvgIpc) is 2.50. The molecule has 3 amide bonds. The van der Waals surface area contributed by atoms with E-state index >= 15 is 0 Å². The zero-order chi connectivity index (χ0) is 15.3. The van der Waals surface area contributed by atoms with Gasteiger partial charge in [0.1, 0.15) is 5.54 Å². The van der Waals surface area contributed by atoms with Crippen LogP contribution in [-0.2, 0) is 11.0 Å². The van der Waals surface area contributed by atoms with Crippen molar-refractivity contribution in [3.63, 3.8) is 0 Å². The minimum Gasteiger partial charge on any atom is -0.313 e. The molecule has 0 saturated carbocycles. The number of anilines is 1. The molecule has 108 valence electrons. The van der Waals surface area contributed by atoms with Gasteiger partial charge in [0, 0.05) is 7.05 Å². The van der Waals surface area contributed by atoms with E-state index in [1.807, 2.05) is 0 Å². The van der Waals surface area contributed by atoms with Gasteiger partial charge in [0.05, 0.1) is 11.3 Å². The Kier molecular flexibility index (Phi) is 3.03. The minimum absolute atomic E-state index is 0.0766. The lowest BCUT2D eigenvalue weighted by molar-refractivity contribution is -0.137. The summed E-state index contributed by atoms with van der Waals surface area (Å²) < 4.78 is 38.0. The second-order valence-corrected chi connectivity index (χ2v) is 5.09. The zero-order valence-corrected chi connectivity index (χ0v) is 11.2. The largest absolute Gasteiger partial charge is 0.416 e. The molecular weight excluding hydrogens is 273 g/mol. The van der Waals surface area contributed by atoms with Gasteiger partial charge in [0.2, 0.25) is 0 Å². The monoisotopic (exact) mass is 286 g/mol. The molecule has 1 heterocycles. The maximum absolute atomic E-state index is 12.7. The maximum atomic E-state index is 12.7. The van der Waals surface area contributed by atoms with Crippen LogP contribution in [0.15, 0.2) is 24.3 Å². The molecule has 0 bridgehead atoms. The van der Waals surface area contributed by atoms with Crippen LogP contribution in [0, 0.1) is 0 Å². The number of nitrogens with zero attached hydrogens (tertiary/aromatic N) is 2. The van der Waals surface area contributed by atoms with Crippen LogP contribution in [0.5, 0.6) is 0 Å². The highest BCUT2D eigenvalue weighted by atomic mass is 19.4. The quantitative estimate of drug-likeness (QED) is 0.745. The van der Waals surface area contributed by atoms with Crippen LogP contribution < -0.4 is 4.90 Å². The van der Waals surface area contributed by atoms with Gasteiger partial charge in [-0.1, -0.05) is 6.07 Å². The van der Waals surface area contributed by atoms with Gasteiger partial charge in [0.25, 0.3) is 5.91 Å². The van der Waals surface area contributed by atoms with Crippen molar-refractivity contribution in [2.75, 3.05) is 11.9 Å². The van der Waals surface area contributed by atoms with Crippen LogP contribution in [0.3, 0.4) is 0 Å². The predicted molar refractivity (Wildman–Crippen MR) is 66.2 cm³/mol. The summed E-state index contributed by atoms with van der Waals surface area (Å²) in [5.41, 5.74) is -2.05. The number of hydrogen-bond acceptors (Lipinski definition) is 2. The molecule has 0 atom stereocenters. The van der Waals surface area contributed by atoms with E-state index in [2.05, 4.69) is 0 Å². The summed E-state index contributed by atoms with van der Waals surface area (Å²) in [6.45, 7) is 3.09. The van der Waals surface area contributed by atoms with E-state index in [0.29, 0.717) is 0 Å². The van der Waals surface area contributed by atoms with Crippen LogP contribution in [0.1, 0.15) is 19.4 Å². The molecule has 1 saturated heterocycles. The second-order valence-electron chi connectivity index (χ2n) is 5.09. The van der Waals surface area contributed by atoms with Gasteiger partial charge < -0.3 is 4.90 Å². The number of halogens is 3. The first kappa shape index (κ1) is 14.4. The smallest absolute Gasteiger partial charge is 0.313 e. The number of carbonyl (C=O) groups is 2. The molecule has 1 fully saturated rings. The van der Waals surface area contributed by atoms with Crippen LogP contribution in [0.2, 0.25) is 0 Å². The third-order valence-electron chi connectivity index (χ3n) is 3.47. The van der Waals surface area contributed by atoms with E-state index < -0.39 is 29.2 Å². The zero-order valence-electron chi connectivity index (χ0n) is 11.2. The number of likely N-dealkylation sites (N-methyl/N-ethyl adjacent to an activating group) is 1. The predicted octanol–water partition coefficient (Wildman–Crippen LogP) is 2.88. The van der Waals surface area contributed by atoms with Crippen molar-refractivity contribution in [1.82, 2.24) is 4.90 Å². The molecule has 2 rings (SSSR count). The number of urea groups is 1. The molecule has 1 aromatic carbocycles. The van der Waals surface area contributed by atoms with Gasteiger partial charge >= 0.3 is 12.2 Å². The van der Waals surface area contributed by atoms with E-state index in [-0.39, 0.29) is 5.69 Å². The molecule has 1 aromatic rings.